The molecule has 5 fully saturated rings. The lowest BCUT2D eigenvalue weighted by Gasteiger charge is -2.61. The average Bonchev–Trinajstić information content (AvgIpc) is 3.01. The van der Waals surface area contributed by atoms with Crippen molar-refractivity contribution in [3.63, 3.8) is 0 Å². The van der Waals surface area contributed by atoms with Crippen molar-refractivity contribution < 1.29 is 0 Å². The van der Waals surface area contributed by atoms with Crippen LogP contribution in [0.25, 0.3) is 5.69 Å². The number of hydrogen-bond acceptors (Lipinski definition) is 2. The molecule has 1 saturated heterocycles. The largest absolute Gasteiger partial charge is 0.318 e. The third-order valence-corrected chi connectivity index (χ3v) is 9.32. The van der Waals surface area contributed by atoms with E-state index in [1.54, 1.807) is 19.3 Å². The number of benzene rings is 1. The Balaban J connectivity index is 1.13. The van der Waals surface area contributed by atoms with Gasteiger partial charge in [-0.05, 0) is 106 Å². The van der Waals surface area contributed by atoms with Crippen LogP contribution >= 0.6 is 11.6 Å². The zero-order chi connectivity index (χ0) is 21.2. The predicted octanol–water partition coefficient (Wildman–Crippen LogP) is 5.83. The second-order valence-electron chi connectivity index (χ2n) is 11.1. The molecule has 4 bridgehead atoms. The van der Waals surface area contributed by atoms with Gasteiger partial charge in [0.25, 0.3) is 0 Å². The van der Waals surface area contributed by atoms with Gasteiger partial charge in [-0.25, -0.2) is 0 Å². The summed E-state index contributed by atoms with van der Waals surface area (Å²) in [6.07, 6.45) is 9.14. The summed E-state index contributed by atoms with van der Waals surface area (Å²) >= 11 is 6.10. The van der Waals surface area contributed by atoms with E-state index in [1.807, 2.05) is 12.1 Å². The Bertz CT molecular complexity index is 916. The fourth-order valence-corrected chi connectivity index (χ4v) is 8.18. The van der Waals surface area contributed by atoms with Gasteiger partial charge >= 0.3 is 0 Å². The monoisotopic (exact) mass is 437 g/mol. The fraction of sp³-hybridized carbons (Fsp3) is 0.630. The van der Waals surface area contributed by atoms with Crippen LogP contribution in [-0.4, -0.2) is 46.1 Å². The zero-order valence-corrected chi connectivity index (χ0v) is 19.9. The molecule has 1 aliphatic heterocycles. The first-order valence-electron chi connectivity index (χ1n) is 12.4. The Morgan fingerprint density at radius 3 is 2.03 bits per heavy atom. The first kappa shape index (κ1) is 20.3. The van der Waals surface area contributed by atoms with Gasteiger partial charge in [-0.2, -0.15) is 0 Å². The number of aryl methyl sites for hydroxylation is 1. The summed E-state index contributed by atoms with van der Waals surface area (Å²) in [6.45, 7) is 10.5. The standard InChI is InChI=1S/C27H36ClN3/c1-19-11-24(20(2)31(19)26-5-3-25(28)4-6-26)18-29-7-9-30(10-8-29)27-15-21-12-22(16-27)14-23(13-21)17-27/h3-6,11,21-23H,7-10,12-18H2,1-2H3. The molecule has 7 rings (SSSR count). The number of halogens is 1. The van der Waals surface area contributed by atoms with E-state index < -0.39 is 0 Å². The van der Waals surface area contributed by atoms with Crippen molar-refractivity contribution in [1.29, 1.82) is 0 Å². The van der Waals surface area contributed by atoms with Crippen molar-refractivity contribution in [3.05, 3.63) is 52.3 Å². The molecule has 166 valence electrons. The number of rotatable bonds is 4. The molecule has 0 unspecified atom stereocenters. The molecule has 2 aromatic rings. The SMILES string of the molecule is Cc1cc(CN2CCN(C34CC5CC(CC(C5)C3)C4)CC2)c(C)n1-c1ccc(Cl)cc1. The van der Waals surface area contributed by atoms with E-state index in [1.165, 1.54) is 68.1 Å². The summed E-state index contributed by atoms with van der Waals surface area (Å²) in [5, 5.41) is 0.795. The Kier molecular flexibility index (Phi) is 5.01. The second kappa shape index (κ2) is 7.64. The normalized spacial score (nSPS) is 33.3. The minimum atomic E-state index is 0.575. The van der Waals surface area contributed by atoms with Crippen LogP contribution in [0.3, 0.4) is 0 Å². The highest BCUT2D eigenvalue weighted by Gasteiger charge is 2.53. The summed E-state index contributed by atoms with van der Waals surface area (Å²) in [5.74, 6) is 3.13. The highest BCUT2D eigenvalue weighted by molar-refractivity contribution is 6.30. The quantitative estimate of drug-likeness (QED) is 0.595. The molecule has 0 spiro atoms. The molecule has 1 aromatic carbocycles. The van der Waals surface area contributed by atoms with Gasteiger partial charge in [0.1, 0.15) is 0 Å². The van der Waals surface area contributed by atoms with Crippen LogP contribution in [0.1, 0.15) is 55.5 Å². The number of nitrogens with zero attached hydrogens (tertiary/aromatic N) is 3. The minimum absolute atomic E-state index is 0.575. The molecule has 31 heavy (non-hydrogen) atoms. The smallest absolute Gasteiger partial charge is 0.0456 e. The molecule has 4 saturated carbocycles. The Morgan fingerprint density at radius 1 is 0.871 bits per heavy atom. The summed E-state index contributed by atoms with van der Waals surface area (Å²) < 4.78 is 2.37. The summed E-state index contributed by atoms with van der Waals surface area (Å²) in [5.41, 5.74) is 5.92. The van der Waals surface area contributed by atoms with Gasteiger partial charge in [0.15, 0.2) is 0 Å². The lowest BCUT2D eigenvalue weighted by molar-refractivity contribution is -0.101. The molecule has 0 atom stereocenters. The topological polar surface area (TPSA) is 11.4 Å². The van der Waals surface area contributed by atoms with Crippen LogP contribution in [0.5, 0.6) is 0 Å². The van der Waals surface area contributed by atoms with E-state index in [0.29, 0.717) is 5.54 Å². The van der Waals surface area contributed by atoms with Gasteiger partial charge in [-0.3, -0.25) is 9.80 Å². The lowest BCUT2D eigenvalue weighted by Crippen LogP contribution is -2.63. The van der Waals surface area contributed by atoms with Gasteiger partial charge in [-0.1, -0.05) is 11.6 Å². The maximum atomic E-state index is 6.10. The van der Waals surface area contributed by atoms with Gasteiger partial charge in [0.05, 0.1) is 0 Å². The molecule has 4 heteroatoms. The van der Waals surface area contributed by atoms with Gasteiger partial charge in [0, 0.05) is 60.4 Å². The first-order valence-corrected chi connectivity index (χ1v) is 12.8. The summed E-state index contributed by atoms with van der Waals surface area (Å²) in [7, 11) is 0. The van der Waals surface area contributed by atoms with E-state index in [-0.39, 0.29) is 0 Å². The summed E-state index contributed by atoms with van der Waals surface area (Å²) in [4.78, 5) is 5.62. The van der Waals surface area contributed by atoms with Crippen LogP contribution in [0.4, 0.5) is 0 Å². The van der Waals surface area contributed by atoms with E-state index in [0.717, 1.165) is 29.3 Å². The van der Waals surface area contributed by atoms with Crippen LogP contribution in [0.2, 0.25) is 5.02 Å². The molecule has 5 aliphatic rings. The van der Waals surface area contributed by atoms with Gasteiger partial charge in [0.2, 0.25) is 0 Å². The molecule has 0 N–H and O–H groups in total. The van der Waals surface area contributed by atoms with Crippen LogP contribution in [0.15, 0.2) is 30.3 Å². The molecular weight excluding hydrogens is 402 g/mol. The molecule has 1 aromatic heterocycles. The molecule has 3 nitrogen and oxygen atoms in total. The van der Waals surface area contributed by atoms with Crippen LogP contribution < -0.4 is 0 Å². The molecule has 0 amide bonds. The van der Waals surface area contributed by atoms with Crippen LogP contribution in [-0.2, 0) is 6.54 Å². The molecule has 0 radical (unpaired) electrons. The van der Waals surface area contributed by atoms with Crippen molar-refractivity contribution in [2.45, 2.75) is 64.5 Å². The maximum Gasteiger partial charge on any atom is 0.0456 e. The number of piperazine rings is 1. The highest BCUT2D eigenvalue weighted by Crippen LogP contribution is 2.57. The predicted molar refractivity (Wildman–Crippen MR) is 128 cm³/mol. The Morgan fingerprint density at radius 2 is 1.45 bits per heavy atom. The van der Waals surface area contributed by atoms with Crippen molar-refractivity contribution in [3.8, 4) is 5.69 Å². The van der Waals surface area contributed by atoms with Crippen molar-refractivity contribution >= 4 is 11.6 Å². The van der Waals surface area contributed by atoms with Crippen molar-refractivity contribution in [2.75, 3.05) is 26.2 Å². The second-order valence-corrected chi connectivity index (χ2v) is 11.5. The van der Waals surface area contributed by atoms with Gasteiger partial charge < -0.3 is 4.57 Å². The molecular formula is C27H36ClN3. The Hall–Kier alpha value is -1.29. The van der Waals surface area contributed by atoms with E-state index in [9.17, 15) is 0 Å². The minimum Gasteiger partial charge on any atom is -0.318 e. The van der Waals surface area contributed by atoms with Crippen molar-refractivity contribution in [2.24, 2.45) is 17.8 Å². The summed E-state index contributed by atoms with van der Waals surface area (Å²) in [6, 6.07) is 10.6. The molecule has 2 heterocycles. The van der Waals surface area contributed by atoms with Gasteiger partial charge in [-0.15, -0.1) is 0 Å². The van der Waals surface area contributed by atoms with Crippen LogP contribution in [0, 0.1) is 31.6 Å². The fourth-order valence-electron chi connectivity index (χ4n) is 8.05. The third kappa shape index (κ3) is 3.57. The third-order valence-electron chi connectivity index (χ3n) is 9.06. The van der Waals surface area contributed by atoms with E-state index in [4.69, 9.17) is 11.6 Å². The Labute approximate surface area is 192 Å². The zero-order valence-electron chi connectivity index (χ0n) is 19.1. The first-order chi connectivity index (χ1) is 15.0. The highest BCUT2D eigenvalue weighted by atomic mass is 35.5. The average molecular weight is 438 g/mol. The van der Waals surface area contributed by atoms with E-state index in [2.05, 4.69) is 46.4 Å². The number of hydrogen-bond donors (Lipinski definition) is 0. The number of aromatic nitrogens is 1. The maximum absolute atomic E-state index is 6.10. The lowest BCUT2D eigenvalue weighted by atomic mass is 9.52. The van der Waals surface area contributed by atoms with E-state index >= 15 is 0 Å². The molecule has 4 aliphatic carbocycles. The van der Waals surface area contributed by atoms with Crippen molar-refractivity contribution in [1.82, 2.24) is 14.4 Å².